The van der Waals surface area contributed by atoms with Crippen molar-refractivity contribution in [2.75, 3.05) is 7.11 Å². The summed E-state index contributed by atoms with van der Waals surface area (Å²) in [6.07, 6.45) is 4.48. The molecular weight excluding hydrogens is 330 g/mol. The Balaban J connectivity index is 2.49. The third-order valence-electron chi connectivity index (χ3n) is 4.17. The van der Waals surface area contributed by atoms with Gasteiger partial charge in [-0.25, -0.2) is 14.2 Å². The minimum Gasteiger partial charge on any atom is -0.376 e. The van der Waals surface area contributed by atoms with Crippen molar-refractivity contribution < 1.29 is 13.5 Å². The lowest BCUT2D eigenvalue weighted by atomic mass is 9.76. The summed E-state index contributed by atoms with van der Waals surface area (Å²) in [4.78, 5) is 0. The van der Waals surface area contributed by atoms with Crippen molar-refractivity contribution in [1.29, 1.82) is 0 Å². The van der Waals surface area contributed by atoms with Crippen LogP contribution in [0.3, 0.4) is 0 Å². The molecule has 2 rings (SSSR count). The van der Waals surface area contributed by atoms with Gasteiger partial charge < -0.3 is 4.74 Å². The van der Waals surface area contributed by atoms with Crippen LogP contribution in [0.25, 0.3) is 0 Å². The third kappa shape index (κ3) is 2.74. The molecule has 1 atom stereocenters. The summed E-state index contributed by atoms with van der Waals surface area (Å²) in [6.45, 7) is 0. The molecule has 1 aliphatic rings. The fraction of sp³-hybridized carbons (Fsp3) is 0.571. The Hall–Kier alpha value is -0.560. The summed E-state index contributed by atoms with van der Waals surface area (Å²) >= 11 is 3.09. The van der Waals surface area contributed by atoms with E-state index in [1.54, 1.807) is 7.11 Å². The summed E-state index contributed by atoms with van der Waals surface area (Å²) in [5.74, 6) is 4.36. The smallest absolute Gasteiger partial charge is 0.145 e. The van der Waals surface area contributed by atoms with E-state index in [0.29, 0.717) is 0 Å². The number of benzene rings is 1. The van der Waals surface area contributed by atoms with Crippen molar-refractivity contribution in [3.8, 4) is 0 Å². The molecule has 0 radical (unpaired) electrons. The van der Waals surface area contributed by atoms with Crippen LogP contribution >= 0.6 is 15.9 Å². The lowest BCUT2D eigenvalue weighted by Gasteiger charge is -2.42. The molecule has 3 N–H and O–H groups in total. The molecule has 0 saturated heterocycles. The first-order valence-electron chi connectivity index (χ1n) is 6.70. The fourth-order valence-corrected chi connectivity index (χ4v) is 3.41. The van der Waals surface area contributed by atoms with Gasteiger partial charge in [-0.2, -0.15) is 0 Å². The van der Waals surface area contributed by atoms with Crippen molar-refractivity contribution in [3.05, 3.63) is 33.8 Å². The molecule has 1 saturated carbocycles. The second kappa shape index (κ2) is 6.47. The number of ether oxygens (including phenoxy) is 1. The summed E-state index contributed by atoms with van der Waals surface area (Å²) in [5, 5.41) is 0. The van der Waals surface area contributed by atoms with Crippen LogP contribution in [0.15, 0.2) is 16.6 Å². The van der Waals surface area contributed by atoms with Gasteiger partial charge in [0.1, 0.15) is 11.6 Å². The van der Waals surface area contributed by atoms with Crippen LogP contribution in [0.4, 0.5) is 8.78 Å². The molecular formula is C14H19BrF2N2O. The summed E-state index contributed by atoms with van der Waals surface area (Å²) in [6, 6.07) is 1.87. The first kappa shape index (κ1) is 15.8. The molecule has 20 heavy (non-hydrogen) atoms. The highest BCUT2D eigenvalue weighted by Gasteiger charge is 2.43. The van der Waals surface area contributed by atoms with Gasteiger partial charge in [-0.3, -0.25) is 5.84 Å². The molecule has 1 aromatic carbocycles. The van der Waals surface area contributed by atoms with Crippen molar-refractivity contribution in [2.45, 2.75) is 43.7 Å². The van der Waals surface area contributed by atoms with E-state index in [1.165, 1.54) is 12.1 Å². The molecule has 1 aliphatic carbocycles. The van der Waals surface area contributed by atoms with E-state index in [9.17, 15) is 8.78 Å². The number of hydrogen-bond donors (Lipinski definition) is 2. The topological polar surface area (TPSA) is 47.3 Å². The highest BCUT2D eigenvalue weighted by Crippen LogP contribution is 2.42. The molecule has 1 unspecified atom stereocenters. The Bertz CT molecular complexity index is 478. The van der Waals surface area contributed by atoms with E-state index in [1.807, 2.05) is 0 Å². The van der Waals surface area contributed by atoms with Crippen LogP contribution in [0.5, 0.6) is 0 Å². The predicted octanol–water partition coefficient (Wildman–Crippen LogP) is 3.58. The summed E-state index contributed by atoms with van der Waals surface area (Å²) in [7, 11) is 1.57. The number of nitrogens with two attached hydrogens (primary N) is 1. The molecule has 6 heteroatoms. The molecule has 0 bridgehead atoms. The standard InChI is InChI=1S/C14H19BrF2N2O/c1-20-14(7-3-2-4-8-14)13(19-18)11-10(16)6-5-9(15)12(11)17/h5-6,13,19H,2-4,7-8,18H2,1H3. The van der Waals surface area contributed by atoms with E-state index >= 15 is 0 Å². The van der Waals surface area contributed by atoms with E-state index in [2.05, 4.69) is 21.4 Å². The Morgan fingerprint density at radius 2 is 1.95 bits per heavy atom. The molecule has 0 heterocycles. The molecule has 1 aromatic rings. The van der Waals surface area contributed by atoms with Crippen LogP contribution in [-0.2, 0) is 4.74 Å². The van der Waals surface area contributed by atoms with E-state index in [0.717, 1.165) is 32.1 Å². The van der Waals surface area contributed by atoms with E-state index in [-0.39, 0.29) is 10.0 Å². The minimum absolute atomic E-state index is 0.0642. The maximum atomic E-state index is 14.3. The molecule has 3 nitrogen and oxygen atoms in total. The minimum atomic E-state index is -0.717. The second-order valence-corrected chi connectivity index (χ2v) is 6.04. The number of hydrogen-bond acceptors (Lipinski definition) is 3. The van der Waals surface area contributed by atoms with Crippen molar-refractivity contribution in [3.63, 3.8) is 0 Å². The van der Waals surface area contributed by atoms with Crippen LogP contribution in [0, 0.1) is 11.6 Å². The first-order chi connectivity index (χ1) is 9.55. The highest BCUT2D eigenvalue weighted by atomic mass is 79.9. The Kier molecular flexibility index (Phi) is 5.12. The van der Waals surface area contributed by atoms with Gasteiger partial charge in [0.2, 0.25) is 0 Å². The lowest BCUT2D eigenvalue weighted by molar-refractivity contribution is -0.0704. The van der Waals surface area contributed by atoms with Gasteiger partial charge in [0.25, 0.3) is 0 Å². The molecule has 112 valence electrons. The van der Waals surface area contributed by atoms with Crippen LogP contribution in [0.2, 0.25) is 0 Å². The third-order valence-corrected chi connectivity index (χ3v) is 4.78. The first-order valence-corrected chi connectivity index (χ1v) is 7.49. The van der Waals surface area contributed by atoms with Crippen molar-refractivity contribution in [1.82, 2.24) is 5.43 Å². The largest absolute Gasteiger partial charge is 0.376 e. The number of halogens is 3. The van der Waals surface area contributed by atoms with E-state index < -0.39 is 23.3 Å². The maximum Gasteiger partial charge on any atom is 0.145 e. The van der Waals surface area contributed by atoms with Gasteiger partial charge in [0, 0.05) is 12.7 Å². The van der Waals surface area contributed by atoms with Gasteiger partial charge >= 0.3 is 0 Å². The number of rotatable bonds is 4. The molecule has 0 amide bonds. The fourth-order valence-electron chi connectivity index (χ4n) is 3.07. The van der Waals surface area contributed by atoms with E-state index in [4.69, 9.17) is 10.6 Å². The quantitative estimate of drug-likeness (QED) is 0.496. The molecule has 0 aliphatic heterocycles. The average Bonchev–Trinajstić information content (AvgIpc) is 2.48. The molecule has 1 fully saturated rings. The Morgan fingerprint density at radius 3 is 2.50 bits per heavy atom. The molecule has 0 aromatic heterocycles. The normalized spacial score (nSPS) is 19.9. The van der Waals surface area contributed by atoms with Gasteiger partial charge in [0.05, 0.1) is 16.1 Å². The van der Waals surface area contributed by atoms with Crippen molar-refractivity contribution in [2.24, 2.45) is 5.84 Å². The zero-order valence-electron chi connectivity index (χ0n) is 11.4. The zero-order valence-corrected chi connectivity index (χ0v) is 13.0. The number of nitrogens with one attached hydrogen (secondary N) is 1. The average molecular weight is 349 g/mol. The Labute approximate surface area is 126 Å². The highest BCUT2D eigenvalue weighted by molar-refractivity contribution is 9.10. The molecule has 0 spiro atoms. The second-order valence-electron chi connectivity index (χ2n) is 5.19. The number of hydrazine groups is 1. The van der Waals surface area contributed by atoms with Crippen LogP contribution in [-0.4, -0.2) is 12.7 Å². The van der Waals surface area contributed by atoms with Crippen molar-refractivity contribution >= 4 is 15.9 Å². The summed E-state index contributed by atoms with van der Waals surface area (Å²) in [5.41, 5.74) is 1.83. The lowest BCUT2D eigenvalue weighted by Crippen LogP contribution is -2.50. The van der Waals surface area contributed by atoms with Gasteiger partial charge in [-0.05, 0) is 40.9 Å². The Morgan fingerprint density at radius 1 is 1.30 bits per heavy atom. The maximum absolute atomic E-state index is 14.3. The predicted molar refractivity (Wildman–Crippen MR) is 76.9 cm³/mol. The monoisotopic (exact) mass is 348 g/mol. The zero-order chi connectivity index (χ0) is 14.8. The number of methoxy groups -OCH3 is 1. The van der Waals surface area contributed by atoms with Gasteiger partial charge in [0.15, 0.2) is 0 Å². The summed E-state index contributed by atoms with van der Waals surface area (Å²) < 4.78 is 34.3. The van der Waals surface area contributed by atoms with Crippen LogP contribution < -0.4 is 11.3 Å². The van der Waals surface area contributed by atoms with Gasteiger partial charge in [-0.15, -0.1) is 0 Å². The van der Waals surface area contributed by atoms with Gasteiger partial charge in [-0.1, -0.05) is 19.3 Å². The SMILES string of the molecule is COC1(C(NN)c2c(F)ccc(Br)c2F)CCCCC1. The van der Waals surface area contributed by atoms with Crippen LogP contribution in [0.1, 0.15) is 43.7 Å².